The third-order valence-electron chi connectivity index (χ3n) is 10.7. The number of para-hydroxylation sites is 1. The molecule has 0 spiro atoms. The van der Waals surface area contributed by atoms with Crippen LogP contribution in [0.1, 0.15) is 0 Å². The van der Waals surface area contributed by atoms with Gasteiger partial charge in [-0.3, -0.25) is 0 Å². The summed E-state index contributed by atoms with van der Waals surface area (Å²) in [7, 11) is 0. The molecule has 0 saturated carbocycles. The van der Waals surface area contributed by atoms with Crippen LogP contribution in [0.25, 0.3) is 76.5 Å². The van der Waals surface area contributed by atoms with Crippen molar-refractivity contribution in [3.63, 3.8) is 0 Å². The van der Waals surface area contributed by atoms with Crippen molar-refractivity contribution >= 4 is 60.2 Å². The van der Waals surface area contributed by atoms with Gasteiger partial charge in [0, 0.05) is 16.9 Å². The van der Waals surface area contributed by atoms with Crippen molar-refractivity contribution in [2.45, 2.75) is 0 Å². The van der Waals surface area contributed by atoms with Gasteiger partial charge in [0.05, 0.1) is 5.69 Å². The van der Waals surface area contributed by atoms with E-state index in [-0.39, 0.29) is 0 Å². The van der Waals surface area contributed by atoms with Crippen molar-refractivity contribution in [1.82, 2.24) is 0 Å². The Morgan fingerprint density at radius 2 is 0.717 bits per heavy atom. The third-order valence-corrected chi connectivity index (χ3v) is 10.7. The predicted molar refractivity (Wildman–Crippen MR) is 227 cm³/mol. The maximum atomic E-state index is 2.40. The van der Waals surface area contributed by atoms with E-state index in [9.17, 15) is 0 Å². The number of benzene rings is 10. The highest BCUT2D eigenvalue weighted by Gasteiger charge is 2.19. The van der Waals surface area contributed by atoms with Crippen molar-refractivity contribution in [2.75, 3.05) is 4.90 Å². The van der Waals surface area contributed by atoms with Gasteiger partial charge in [-0.25, -0.2) is 0 Å². The lowest BCUT2D eigenvalue weighted by atomic mass is 9.94. The summed E-state index contributed by atoms with van der Waals surface area (Å²) in [6, 6.07) is 77.2. The summed E-state index contributed by atoms with van der Waals surface area (Å²) in [6.45, 7) is 0. The van der Waals surface area contributed by atoms with Gasteiger partial charge in [0.15, 0.2) is 0 Å². The molecular formula is C52H35N. The van der Waals surface area contributed by atoms with E-state index < -0.39 is 0 Å². The van der Waals surface area contributed by atoms with Crippen molar-refractivity contribution in [2.24, 2.45) is 0 Å². The van der Waals surface area contributed by atoms with Crippen LogP contribution >= 0.6 is 0 Å². The second-order valence-corrected chi connectivity index (χ2v) is 13.7. The Bertz CT molecular complexity index is 2920. The average Bonchev–Trinajstić information content (AvgIpc) is 3.24. The summed E-state index contributed by atoms with van der Waals surface area (Å²) in [6.07, 6.45) is 0. The summed E-state index contributed by atoms with van der Waals surface area (Å²) in [5, 5.41) is 10.2. The molecular weight excluding hydrogens is 639 g/mol. The normalized spacial score (nSPS) is 11.4. The van der Waals surface area contributed by atoms with Crippen LogP contribution in [0.5, 0.6) is 0 Å². The maximum absolute atomic E-state index is 2.40. The lowest BCUT2D eigenvalue weighted by molar-refractivity contribution is 1.28. The fraction of sp³-hybridized carbons (Fsp3) is 0. The molecule has 0 aromatic heterocycles. The first-order chi connectivity index (χ1) is 26.3. The van der Waals surface area contributed by atoms with Crippen LogP contribution in [-0.4, -0.2) is 0 Å². The maximum Gasteiger partial charge on any atom is 0.0540 e. The minimum absolute atomic E-state index is 1.10. The van der Waals surface area contributed by atoms with Crippen molar-refractivity contribution < 1.29 is 0 Å². The van der Waals surface area contributed by atoms with Gasteiger partial charge in [-0.2, -0.15) is 0 Å². The molecule has 0 aliphatic heterocycles. The molecule has 248 valence electrons. The predicted octanol–water partition coefficient (Wildman–Crippen LogP) is 14.8. The summed E-state index contributed by atoms with van der Waals surface area (Å²) >= 11 is 0. The first-order valence-electron chi connectivity index (χ1n) is 18.3. The van der Waals surface area contributed by atoms with Gasteiger partial charge < -0.3 is 4.90 Å². The zero-order valence-corrected chi connectivity index (χ0v) is 29.2. The van der Waals surface area contributed by atoms with Crippen molar-refractivity contribution in [1.29, 1.82) is 0 Å². The monoisotopic (exact) mass is 673 g/mol. The summed E-state index contributed by atoms with van der Waals surface area (Å²) in [5.41, 5.74) is 10.6. The van der Waals surface area contributed by atoms with E-state index >= 15 is 0 Å². The minimum atomic E-state index is 1.10. The zero-order valence-electron chi connectivity index (χ0n) is 29.2. The topological polar surface area (TPSA) is 3.24 Å². The Morgan fingerprint density at radius 1 is 0.245 bits per heavy atom. The molecule has 0 amide bonds. The van der Waals surface area contributed by atoms with Gasteiger partial charge in [0.25, 0.3) is 0 Å². The molecule has 10 rings (SSSR count). The molecule has 0 aliphatic carbocycles. The highest BCUT2D eigenvalue weighted by molar-refractivity contribution is 6.17. The Kier molecular flexibility index (Phi) is 7.55. The largest absolute Gasteiger partial charge is 0.310 e. The van der Waals surface area contributed by atoms with Gasteiger partial charge in [0.1, 0.15) is 0 Å². The van der Waals surface area contributed by atoms with E-state index in [2.05, 4.69) is 217 Å². The standard InChI is InChI=1S/C52H35N/c1-2-11-36(12-3-1)37-21-28-43(29-22-37)53(52-20-9-8-18-51(52)48-19-10-15-39-13-4-6-16-45(39)48)44-30-23-38(24-31-44)41-26-32-47-42(35-41)27-34-49-46-17-7-5-14-40(46)25-33-50(47)49/h1-35H. The second-order valence-electron chi connectivity index (χ2n) is 13.7. The molecule has 1 heteroatoms. The summed E-state index contributed by atoms with van der Waals surface area (Å²) < 4.78 is 0. The molecule has 53 heavy (non-hydrogen) atoms. The van der Waals surface area contributed by atoms with Crippen LogP contribution in [-0.2, 0) is 0 Å². The van der Waals surface area contributed by atoms with Gasteiger partial charge >= 0.3 is 0 Å². The van der Waals surface area contributed by atoms with E-state index in [1.54, 1.807) is 0 Å². The highest BCUT2D eigenvalue weighted by atomic mass is 15.1. The van der Waals surface area contributed by atoms with E-state index in [1.807, 2.05) is 0 Å². The Hall–Kier alpha value is -6.96. The lowest BCUT2D eigenvalue weighted by Crippen LogP contribution is -2.11. The highest BCUT2D eigenvalue weighted by Crippen LogP contribution is 2.43. The molecule has 0 radical (unpaired) electrons. The summed E-state index contributed by atoms with van der Waals surface area (Å²) in [5.74, 6) is 0. The van der Waals surface area contributed by atoms with Gasteiger partial charge in [0.2, 0.25) is 0 Å². The lowest BCUT2D eigenvalue weighted by Gasteiger charge is -2.28. The van der Waals surface area contributed by atoms with Crippen LogP contribution in [0.4, 0.5) is 17.1 Å². The molecule has 0 heterocycles. The van der Waals surface area contributed by atoms with Crippen LogP contribution in [0.15, 0.2) is 212 Å². The number of anilines is 3. The molecule has 0 N–H and O–H groups in total. The van der Waals surface area contributed by atoms with E-state index in [1.165, 1.54) is 76.5 Å². The smallest absolute Gasteiger partial charge is 0.0540 e. The quantitative estimate of drug-likeness (QED) is 0.159. The van der Waals surface area contributed by atoms with Crippen LogP contribution in [0.2, 0.25) is 0 Å². The summed E-state index contributed by atoms with van der Waals surface area (Å²) in [4.78, 5) is 2.40. The minimum Gasteiger partial charge on any atom is -0.310 e. The molecule has 0 fully saturated rings. The Labute approximate surface area is 309 Å². The Balaban J connectivity index is 1.08. The van der Waals surface area contributed by atoms with Gasteiger partial charge in [-0.15, -0.1) is 0 Å². The SMILES string of the molecule is c1ccc(-c2ccc(N(c3ccc(-c4ccc5c(ccc6c7ccccc7ccc56)c4)cc3)c3ccccc3-c3cccc4ccccc34)cc2)cc1. The molecule has 1 nitrogen and oxygen atoms in total. The number of nitrogens with zero attached hydrogens (tertiary/aromatic N) is 1. The molecule has 0 aliphatic rings. The Morgan fingerprint density at radius 3 is 1.45 bits per heavy atom. The van der Waals surface area contributed by atoms with Crippen molar-refractivity contribution in [3.05, 3.63) is 212 Å². The van der Waals surface area contributed by atoms with E-state index in [0.29, 0.717) is 0 Å². The fourth-order valence-corrected chi connectivity index (χ4v) is 8.03. The average molecular weight is 674 g/mol. The van der Waals surface area contributed by atoms with Crippen molar-refractivity contribution in [3.8, 4) is 33.4 Å². The molecule has 0 atom stereocenters. The van der Waals surface area contributed by atoms with E-state index in [0.717, 1.165) is 17.1 Å². The third kappa shape index (κ3) is 5.51. The molecule has 10 aromatic carbocycles. The van der Waals surface area contributed by atoms with Gasteiger partial charge in [-0.05, 0) is 107 Å². The fourth-order valence-electron chi connectivity index (χ4n) is 8.03. The number of rotatable bonds is 6. The van der Waals surface area contributed by atoms with Crippen LogP contribution < -0.4 is 4.90 Å². The molecule has 0 saturated heterocycles. The van der Waals surface area contributed by atoms with Gasteiger partial charge in [-0.1, -0.05) is 176 Å². The molecule has 10 aromatic rings. The molecule has 0 bridgehead atoms. The number of fused-ring (bicyclic) bond motifs is 6. The number of hydrogen-bond acceptors (Lipinski definition) is 1. The molecule has 0 unspecified atom stereocenters. The first kappa shape index (κ1) is 30.8. The zero-order chi connectivity index (χ0) is 35.1. The first-order valence-corrected chi connectivity index (χ1v) is 18.3. The van der Waals surface area contributed by atoms with E-state index in [4.69, 9.17) is 0 Å². The van der Waals surface area contributed by atoms with Crippen LogP contribution in [0, 0.1) is 0 Å². The second kappa shape index (κ2) is 13.0. The number of hydrogen-bond donors (Lipinski definition) is 0. The van der Waals surface area contributed by atoms with Crippen LogP contribution in [0.3, 0.4) is 0 Å².